The molecule has 9 nitrogen and oxygen atoms in total. The van der Waals surface area contributed by atoms with Crippen LogP contribution in [0.2, 0.25) is 0 Å². The third-order valence-electron chi connectivity index (χ3n) is 3.67. The quantitative estimate of drug-likeness (QED) is 0.393. The topological polar surface area (TPSA) is 152 Å². The first kappa shape index (κ1) is 22.2. The standard InChI is InChI=1S/C18H14O9S2/c1-3-11-7-5-9-13(15(11)28(21,22)23)17(19)27-18(20)14-10-6-8-12(4-2)16(14)29(24,25)26/h3-10H,1-2H2,(H,21,22,23)(H,24,25,26). The maximum atomic E-state index is 12.4. The fourth-order valence-electron chi connectivity index (χ4n) is 2.52. The molecule has 0 aliphatic heterocycles. The molecule has 2 aromatic carbocycles. The van der Waals surface area contributed by atoms with Crippen molar-refractivity contribution in [3.63, 3.8) is 0 Å². The highest BCUT2D eigenvalue weighted by atomic mass is 32.2. The second kappa shape index (κ2) is 8.09. The van der Waals surface area contributed by atoms with Crippen molar-refractivity contribution in [1.29, 1.82) is 0 Å². The summed E-state index contributed by atoms with van der Waals surface area (Å²) in [6.07, 6.45) is 2.12. The summed E-state index contributed by atoms with van der Waals surface area (Å²) in [5.74, 6) is -2.95. The van der Waals surface area contributed by atoms with Gasteiger partial charge in [0.25, 0.3) is 20.2 Å². The monoisotopic (exact) mass is 438 g/mol. The summed E-state index contributed by atoms with van der Waals surface area (Å²) < 4.78 is 70.0. The molecular weight excluding hydrogens is 424 g/mol. The first-order valence-electron chi connectivity index (χ1n) is 7.64. The molecule has 152 valence electrons. The average molecular weight is 438 g/mol. The van der Waals surface area contributed by atoms with Crippen LogP contribution in [0.3, 0.4) is 0 Å². The summed E-state index contributed by atoms with van der Waals surface area (Å²) in [6.45, 7) is 6.75. The lowest BCUT2D eigenvalue weighted by Gasteiger charge is -2.11. The van der Waals surface area contributed by atoms with E-state index in [9.17, 15) is 35.5 Å². The number of hydrogen-bond donors (Lipinski definition) is 2. The molecule has 2 N–H and O–H groups in total. The van der Waals surface area contributed by atoms with Crippen LogP contribution in [0.1, 0.15) is 31.8 Å². The third kappa shape index (κ3) is 4.66. The number of carbonyl (C=O) groups excluding carboxylic acids is 2. The van der Waals surface area contributed by atoms with Gasteiger partial charge in [0.05, 0.1) is 11.1 Å². The molecule has 0 bridgehead atoms. The number of benzene rings is 2. The Morgan fingerprint density at radius 2 is 1.10 bits per heavy atom. The molecule has 2 rings (SSSR count). The molecule has 0 aliphatic carbocycles. The second-order valence-electron chi connectivity index (χ2n) is 5.48. The van der Waals surface area contributed by atoms with E-state index in [1.807, 2.05) is 0 Å². The molecule has 0 saturated carbocycles. The van der Waals surface area contributed by atoms with Gasteiger partial charge in [0.15, 0.2) is 0 Å². The SMILES string of the molecule is C=Cc1cccc(C(=O)OC(=O)c2cccc(C=C)c2S(=O)(=O)O)c1S(=O)(=O)O. The second-order valence-corrected chi connectivity index (χ2v) is 8.20. The van der Waals surface area contributed by atoms with Gasteiger partial charge in [0, 0.05) is 0 Å². The van der Waals surface area contributed by atoms with Crippen molar-refractivity contribution < 1.29 is 40.3 Å². The van der Waals surface area contributed by atoms with Crippen LogP contribution >= 0.6 is 0 Å². The van der Waals surface area contributed by atoms with Crippen molar-refractivity contribution in [2.75, 3.05) is 0 Å². The molecule has 0 unspecified atom stereocenters. The zero-order chi connectivity index (χ0) is 22.0. The minimum Gasteiger partial charge on any atom is -0.386 e. The lowest BCUT2D eigenvalue weighted by molar-refractivity contribution is 0.0391. The van der Waals surface area contributed by atoms with Gasteiger partial charge in [-0.2, -0.15) is 16.8 Å². The van der Waals surface area contributed by atoms with Gasteiger partial charge in [-0.15, -0.1) is 0 Å². The van der Waals surface area contributed by atoms with E-state index in [1.54, 1.807) is 0 Å². The van der Waals surface area contributed by atoms with Crippen LogP contribution in [0.5, 0.6) is 0 Å². The van der Waals surface area contributed by atoms with E-state index in [4.69, 9.17) is 0 Å². The Morgan fingerprint density at radius 3 is 1.38 bits per heavy atom. The fourth-order valence-corrected chi connectivity index (χ4v) is 4.28. The minimum absolute atomic E-state index is 0.123. The summed E-state index contributed by atoms with van der Waals surface area (Å²) in [6, 6.07) is 6.98. The molecule has 11 heteroatoms. The first-order chi connectivity index (χ1) is 13.4. The predicted molar refractivity (Wildman–Crippen MR) is 102 cm³/mol. The van der Waals surface area contributed by atoms with E-state index in [0.717, 1.165) is 24.3 Å². The molecule has 0 fully saturated rings. The lowest BCUT2D eigenvalue weighted by Crippen LogP contribution is -2.19. The van der Waals surface area contributed by atoms with Crippen LogP contribution in [0.25, 0.3) is 12.2 Å². The Hall–Kier alpha value is -3.12. The Bertz CT molecular complexity index is 1140. The van der Waals surface area contributed by atoms with Crippen molar-refractivity contribution in [2.45, 2.75) is 9.79 Å². The number of carbonyl (C=O) groups is 2. The number of hydrogen-bond acceptors (Lipinski definition) is 7. The summed E-state index contributed by atoms with van der Waals surface area (Å²) in [4.78, 5) is 23.1. The van der Waals surface area contributed by atoms with Crippen LogP contribution in [0, 0.1) is 0 Å². The van der Waals surface area contributed by atoms with Crippen molar-refractivity contribution >= 4 is 44.3 Å². The molecule has 0 radical (unpaired) electrons. The molecule has 0 amide bonds. The molecule has 29 heavy (non-hydrogen) atoms. The Balaban J connectivity index is 2.56. The normalized spacial score (nSPS) is 11.5. The highest BCUT2D eigenvalue weighted by Crippen LogP contribution is 2.25. The van der Waals surface area contributed by atoms with Crippen LogP contribution in [0.4, 0.5) is 0 Å². The van der Waals surface area contributed by atoms with Crippen LogP contribution in [-0.2, 0) is 25.0 Å². The van der Waals surface area contributed by atoms with Crippen molar-refractivity contribution in [1.82, 2.24) is 0 Å². The molecule has 0 atom stereocenters. The van der Waals surface area contributed by atoms with Gasteiger partial charge in [0.2, 0.25) is 0 Å². The highest BCUT2D eigenvalue weighted by molar-refractivity contribution is 7.86. The van der Waals surface area contributed by atoms with Gasteiger partial charge < -0.3 is 4.74 Å². The van der Waals surface area contributed by atoms with Crippen molar-refractivity contribution in [3.05, 3.63) is 71.8 Å². The molecule has 0 aromatic heterocycles. The van der Waals surface area contributed by atoms with E-state index in [2.05, 4.69) is 17.9 Å². The number of esters is 2. The third-order valence-corrected chi connectivity index (χ3v) is 5.61. The van der Waals surface area contributed by atoms with Gasteiger partial charge in [-0.3, -0.25) is 9.11 Å². The van der Waals surface area contributed by atoms with Gasteiger partial charge in [-0.05, 0) is 23.3 Å². The minimum atomic E-state index is -4.90. The summed E-state index contributed by atoms with van der Waals surface area (Å²) in [7, 11) is -9.79. The van der Waals surface area contributed by atoms with Crippen LogP contribution in [0.15, 0.2) is 59.3 Å². The maximum absolute atomic E-state index is 12.4. The first-order valence-corrected chi connectivity index (χ1v) is 10.5. The zero-order valence-electron chi connectivity index (χ0n) is 14.6. The van der Waals surface area contributed by atoms with E-state index in [1.165, 1.54) is 24.3 Å². The Morgan fingerprint density at radius 1 is 0.759 bits per heavy atom. The number of rotatable bonds is 6. The van der Waals surface area contributed by atoms with Crippen molar-refractivity contribution in [2.24, 2.45) is 0 Å². The molecule has 0 heterocycles. The molecular formula is C18H14O9S2. The van der Waals surface area contributed by atoms with Gasteiger partial charge >= 0.3 is 11.9 Å². The Kier molecular flexibility index (Phi) is 6.18. The van der Waals surface area contributed by atoms with Crippen molar-refractivity contribution in [3.8, 4) is 0 Å². The van der Waals surface area contributed by atoms with Crippen LogP contribution in [-0.4, -0.2) is 37.9 Å². The smallest absolute Gasteiger partial charge is 0.347 e. The number of ether oxygens (including phenoxy) is 1. The van der Waals surface area contributed by atoms with E-state index in [-0.39, 0.29) is 11.1 Å². The predicted octanol–water partition coefficient (Wildman–Crippen LogP) is 2.46. The van der Waals surface area contributed by atoms with Gasteiger partial charge in [0.1, 0.15) is 9.79 Å². The molecule has 0 saturated heterocycles. The van der Waals surface area contributed by atoms with E-state index < -0.39 is 53.1 Å². The molecule has 0 aliphatic rings. The summed E-state index contributed by atoms with van der Waals surface area (Å²) in [5.41, 5.74) is -1.60. The zero-order valence-corrected chi connectivity index (χ0v) is 16.2. The molecule has 0 spiro atoms. The Labute approximate surface area is 166 Å². The van der Waals surface area contributed by atoms with Gasteiger partial charge in [-0.25, -0.2) is 9.59 Å². The summed E-state index contributed by atoms with van der Waals surface area (Å²) >= 11 is 0. The average Bonchev–Trinajstić information content (AvgIpc) is 2.64. The van der Waals surface area contributed by atoms with Crippen LogP contribution < -0.4 is 0 Å². The maximum Gasteiger partial charge on any atom is 0.347 e. The highest BCUT2D eigenvalue weighted by Gasteiger charge is 2.29. The van der Waals surface area contributed by atoms with E-state index >= 15 is 0 Å². The fraction of sp³-hybridized carbons (Fsp3) is 0. The summed E-state index contributed by atoms with van der Waals surface area (Å²) in [5, 5.41) is 0. The van der Waals surface area contributed by atoms with Gasteiger partial charge in [-0.1, -0.05) is 49.6 Å². The lowest BCUT2D eigenvalue weighted by atomic mass is 10.1. The largest absolute Gasteiger partial charge is 0.386 e. The van der Waals surface area contributed by atoms with E-state index in [0.29, 0.717) is 0 Å². The molecule has 2 aromatic rings.